The number of furan rings is 1. The molecule has 15 heavy (non-hydrogen) atoms. The predicted molar refractivity (Wildman–Crippen MR) is 65.7 cm³/mol. The van der Waals surface area contributed by atoms with E-state index in [1.54, 1.807) is 12.5 Å². The van der Waals surface area contributed by atoms with Crippen molar-refractivity contribution in [1.29, 1.82) is 0 Å². The second kappa shape index (κ2) is 5.81. The van der Waals surface area contributed by atoms with Gasteiger partial charge in [0.15, 0.2) is 0 Å². The van der Waals surface area contributed by atoms with Gasteiger partial charge in [-0.2, -0.15) is 0 Å². The Kier molecular flexibility index (Phi) is 5.01. The molecule has 0 N–H and O–H groups in total. The lowest BCUT2D eigenvalue weighted by molar-refractivity contribution is 0.295. The van der Waals surface area contributed by atoms with Crippen molar-refractivity contribution in [2.24, 2.45) is 11.3 Å². The third-order valence-corrected chi connectivity index (χ3v) is 3.70. The molecule has 1 aromatic rings. The highest BCUT2D eigenvalue weighted by Gasteiger charge is 2.30. The second-order valence-electron chi connectivity index (χ2n) is 4.67. The molecule has 0 aromatic carbocycles. The van der Waals surface area contributed by atoms with Crippen LogP contribution in [0.25, 0.3) is 0 Å². The maximum atomic E-state index is 6.07. The van der Waals surface area contributed by atoms with Crippen LogP contribution >= 0.6 is 23.2 Å². The summed E-state index contributed by atoms with van der Waals surface area (Å²) in [5, 5.41) is 0. The van der Waals surface area contributed by atoms with E-state index in [4.69, 9.17) is 27.6 Å². The van der Waals surface area contributed by atoms with Crippen LogP contribution in [0.3, 0.4) is 0 Å². The maximum absolute atomic E-state index is 6.07. The molecule has 1 aromatic heterocycles. The Morgan fingerprint density at radius 3 is 2.40 bits per heavy atom. The molecule has 0 spiro atoms. The van der Waals surface area contributed by atoms with Crippen LogP contribution < -0.4 is 0 Å². The van der Waals surface area contributed by atoms with Crippen molar-refractivity contribution >= 4 is 23.2 Å². The van der Waals surface area contributed by atoms with E-state index in [0.717, 1.165) is 12.8 Å². The van der Waals surface area contributed by atoms with Crippen LogP contribution in [0.1, 0.15) is 25.8 Å². The summed E-state index contributed by atoms with van der Waals surface area (Å²) in [6.07, 6.45) is 5.41. The molecule has 3 heteroatoms. The molecule has 0 unspecified atom stereocenters. The standard InChI is InChI=1S/C12H18Cl2O/c1-10(2)5-12(8-13,9-14)6-11-3-4-15-7-11/h3-4,7,10H,5-6,8-9H2,1-2H3. The summed E-state index contributed by atoms with van der Waals surface area (Å²) in [7, 11) is 0. The van der Waals surface area contributed by atoms with E-state index in [1.807, 2.05) is 6.07 Å². The first-order chi connectivity index (χ1) is 7.12. The smallest absolute Gasteiger partial charge is 0.0934 e. The van der Waals surface area contributed by atoms with Crippen molar-refractivity contribution in [1.82, 2.24) is 0 Å². The number of rotatable bonds is 6. The van der Waals surface area contributed by atoms with Crippen molar-refractivity contribution in [2.45, 2.75) is 26.7 Å². The van der Waals surface area contributed by atoms with Crippen LogP contribution in [0.15, 0.2) is 23.0 Å². The molecule has 0 atom stereocenters. The highest BCUT2D eigenvalue weighted by Crippen LogP contribution is 2.33. The fourth-order valence-corrected chi connectivity index (χ4v) is 2.70. The summed E-state index contributed by atoms with van der Waals surface area (Å²) in [6.45, 7) is 4.40. The fourth-order valence-electron chi connectivity index (χ4n) is 2.00. The van der Waals surface area contributed by atoms with Crippen LogP contribution in [0.5, 0.6) is 0 Å². The minimum Gasteiger partial charge on any atom is -0.472 e. The monoisotopic (exact) mass is 248 g/mol. The Labute approximate surface area is 102 Å². The molecular formula is C12H18Cl2O. The topological polar surface area (TPSA) is 13.1 Å². The summed E-state index contributed by atoms with van der Waals surface area (Å²) in [4.78, 5) is 0. The SMILES string of the molecule is CC(C)CC(CCl)(CCl)Cc1ccoc1. The zero-order valence-electron chi connectivity index (χ0n) is 9.30. The van der Waals surface area contributed by atoms with E-state index >= 15 is 0 Å². The summed E-state index contributed by atoms with van der Waals surface area (Å²) in [5.41, 5.74) is 1.18. The highest BCUT2D eigenvalue weighted by atomic mass is 35.5. The largest absolute Gasteiger partial charge is 0.472 e. The van der Waals surface area contributed by atoms with Gasteiger partial charge < -0.3 is 4.42 Å². The van der Waals surface area contributed by atoms with Crippen molar-refractivity contribution < 1.29 is 4.42 Å². The molecule has 0 saturated heterocycles. The molecule has 1 nitrogen and oxygen atoms in total. The Hall–Kier alpha value is -0.140. The molecule has 0 amide bonds. The van der Waals surface area contributed by atoms with Gasteiger partial charge in [0.2, 0.25) is 0 Å². The molecule has 1 heterocycles. The average molecular weight is 249 g/mol. The molecule has 0 bridgehead atoms. The first kappa shape index (κ1) is 12.9. The Morgan fingerprint density at radius 1 is 1.33 bits per heavy atom. The van der Waals surface area contributed by atoms with Gasteiger partial charge in [0, 0.05) is 17.2 Å². The quantitative estimate of drug-likeness (QED) is 0.684. The lowest BCUT2D eigenvalue weighted by Gasteiger charge is -2.31. The van der Waals surface area contributed by atoms with E-state index in [0.29, 0.717) is 17.7 Å². The van der Waals surface area contributed by atoms with Crippen LogP contribution in [-0.2, 0) is 6.42 Å². The van der Waals surface area contributed by atoms with Gasteiger partial charge >= 0.3 is 0 Å². The van der Waals surface area contributed by atoms with Gasteiger partial charge in [0.1, 0.15) is 0 Å². The van der Waals surface area contributed by atoms with Gasteiger partial charge in [-0.15, -0.1) is 23.2 Å². The van der Waals surface area contributed by atoms with E-state index < -0.39 is 0 Å². The van der Waals surface area contributed by atoms with Crippen molar-refractivity contribution in [2.75, 3.05) is 11.8 Å². The molecule has 0 saturated carbocycles. The summed E-state index contributed by atoms with van der Waals surface area (Å²) >= 11 is 12.1. The van der Waals surface area contributed by atoms with E-state index in [-0.39, 0.29) is 5.41 Å². The summed E-state index contributed by atoms with van der Waals surface area (Å²) in [6, 6.07) is 1.98. The number of alkyl halides is 2. The third-order valence-electron chi connectivity index (χ3n) is 2.57. The first-order valence-corrected chi connectivity index (χ1v) is 6.32. The third kappa shape index (κ3) is 3.73. The van der Waals surface area contributed by atoms with Gasteiger partial charge in [-0.25, -0.2) is 0 Å². The van der Waals surface area contributed by atoms with Crippen molar-refractivity contribution in [3.63, 3.8) is 0 Å². The summed E-state index contributed by atoms with van der Waals surface area (Å²) in [5.74, 6) is 1.80. The lowest BCUT2D eigenvalue weighted by atomic mass is 9.79. The molecule has 0 radical (unpaired) electrons. The predicted octanol–water partition coefficient (Wildman–Crippen LogP) is 4.33. The number of hydrogen-bond donors (Lipinski definition) is 0. The van der Waals surface area contributed by atoms with E-state index in [1.165, 1.54) is 5.56 Å². The first-order valence-electron chi connectivity index (χ1n) is 5.25. The normalized spacial score (nSPS) is 12.3. The molecular weight excluding hydrogens is 231 g/mol. The zero-order valence-corrected chi connectivity index (χ0v) is 10.8. The van der Waals surface area contributed by atoms with Gasteiger partial charge in [-0.1, -0.05) is 13.8 Å². The molecule has 0 aliphatic heterocycles. The van der Waals surface area contributed by atoms with Crippen LogP contribution in [-0.4, -0.2) is 11.8 Å². The highest BCUT2D eigenvalue weighted by molar-refractivity contribution is 6.21. The minimum atomic E-state index is 0.00114. The number of halogens is 2. The summed E-state index contributed by atoms with van der Waals surface area (Å²) < 4.78 is 5.07. The molecule has 0 fully saturated rings. The van der Waals surface area contributed by atoms with Gasteiger partial charge in [-0.05, 0) is 30.4 Å². The average Bonchev–Trinajstić information content (AvgIpc) is 2.68. The van der Waals surface area contributed by atoms with Gasteiger partial charge in [0.25, 0.3) is 0 Å². The lowest BCUT2D eigenvalue weighted by Crippen LogP contribution is -2.29. The Morgan fingerprint density at radius 2 is 2.00 bits per heavy atom. The van der Waals surface area contributed by atoms with Gasteiger partial charge in [0.05, 0.1) is 12.5 Å². The molecule has 0 aliphatic rings. The van der Waals surface area contributed by atoms with Crippen LogP contribution in [0.2, 0.25) is 0 Å². The fraction of sp³-hybridized carbons (Fsp3) is 0.667. The second-order valence-corrected chi connectivity index (χ2v) is 5.21. The van der Waals surface area contributed by atoms with Crippen LogP contribution in [0.4, 0.5) is 0 Å². The van der Waals surface area contributed by atoms with Gasteiger partial charge in [-0.3, -0.25) is 0 Å². The van der Waals surface area contributed by atoms with Crippen LogP contribution in [0, 0.1) is 11.3 Å². The number of hydrogen-bond acceptors (Lipinski definition) is 1. The molecule has 1 rings (SSSR count). The molecule has 86 valence electrons. The van der Waals surface area contributed by atoms with Crippen molar-refractivity contribution in [3.8, 4) is 0 Å². The Bertz CT molecular complexity index is 263. The minimum absolute atomic E-state index is 0.00114. The Balaban J connectivity index is 2.71. The molecule has 0 aliphatic carbocycles. The van der Waals surface area contributed by atoms with E-state index in [2.05, 4.69) is 13.8 Å². The van der Waals surface area contributed by atoms with Crippen molar-refractivity contribution in [3.05, 3.63) is 24.2 Å². The zero-order chi connectivity index (χ0) is 11.3. The van der Waals surface area contributed by atoms with E-state index in [9.17, 15) is 0 Å². The maximum Gasteiger partial charge on any atom is 0.0934 e.